The number of rotatable bonds is 2. The van der Waals surface area contributed by atoms with Gasteiger partial charge in [-0.2, -0.15) is 0 Å². The fourth-order valence-electron chi connectivity index (χ4n) is 2.05. The Morgan fingerprint density at radius 1 is 1.17 bits per heavy atom. The van der Waals surface area contributed by atoms with Crippen molar-refractivity contribution in [1.82, 2.24) is 0 Å². The third-order valence-corrected chi connectivity index (χ3v) is 3.01. The zero-order valence-corrected chi connectivity index (χ0v) is 10.5. The van der Waals surface area contributed by atoms with Crippen molar-refractivity contribution in [3.63, 3.8) is 0 Å². The average molecular weight is 245 g/mol. The van der Waals surface area contributed by atoms with Crippen molar-refractivity contribution >= 4 is 11.8 Å². The predicted octanol–water partition coefficient (Wildman–Crippen LogP) is 4.12. The van der Waals surface area contributed by atoms with Crippen molar-refractivity contribution < 1.29 is 9.53 Å². The monoisotopic (exact) mass is 245 g/mol. The summed E-state index contributed by atoms with van der Waals surface area (Å²) in [7, 11) is 0. The molecule has 1 aliphatic carbocycles. The number of anilines is 1. The van der Waals surface area contributed by atoms with Crippen LogP contribution in [0.15, 0.2) is 42.5 Å². The maximum atomic E-state index is 11.7. The van der Waals surface area contributed by atoms with Crippen molar-refractivity contribution in [2.75, 3.05) is 5.32 Å². The Morgan fingerprint density at radius 3 is 2.83 bits per heavy atom. The van der Waals surface area contributed by atoms with E-state index in [0.717, 1.165) is 31.4 Å². The summed E-state index contributed by atoms with van der Waals surface area (Å²) < 4.78 is 5.43. The van der Waals surface area contributed by atoms with Gasteiger partial charge in [-0.25, -0.2) is 4.79 Å². The van der Waals surface area contributed by atoms with Gasteiger partial charge < -0.3 is 4.74 Å². The van der Waals surface area contributed by atoms with Gasteiger partial charge in [0.05, 0.1) is 0 Å². The topological polar surface area (TPSA) is 38.3 Å². The van der Waals surface area contributed by atoms with Gasteiger partial charge in [-0.3, -0.25) is 5.32 Å². The lowest BCUT2D eigenvalue weighted by molar-refractivity contribution is 0.104. The third-order valence-electron chi connectivity index (χ3n) is 3.01. The number of para-hydroxylation sites is 1. The maximum Gasteiger partial charge on any atom is 0.411 e. The highest BCUT2D eigenvalue weighted by Gasteiger charge is 2.13. The number of ether oxygens (including phenoxy) is 1. The molecule has 0 saturated carbocycles. The van der Waals surface area contributed by atoms with Gasteiger partial charge >= 0.3 is 6.09 Å². The molecule has 0 spiro atoms. The lowest BCUT2D eigenvalue weighted by Gasteiger charge is -2.18. The number of hydrogen-bond donors (Lipinski definition) is 1. The fourth-order valence-corrected chi connectivity index (χ4v) is 2.05. The first-order valence-electron chi connectivity index (χ1n) is 6.52. The molecule has 3 nitrogen and oxygen atoms in total. The van der Waals surface area contributed by atoms with Crippen LogP contribution in [0.25, 0.3) is 0 Å². The molecule has 1 aromatic carbocycles. The summed E-state index contributed by atoms with van der Waals surface area (Å²) >= 11 is 0. The van der Waals surface area contributed by atoms with Crippen LogP contribution < -0.4 is 5.32 Å². The van der Waals surface area contributed by atoms with Crippen molar-refractivity contribution in [2.45, 2.75) is 38.2 Å². The first-order chi connectivity index (χ1) is 8.84. The second-order valence-corrected chi connectivity index (χ2v) is 4.51. The fraction of sp³-hybridized carbons (Fsp3) is 0.400. The molecule has 0 saturated heterocycles. The van der Waals surface area contributed by atoms with Crippen molar-refractivity contribution in [3.05, 3.63) is 42.5 Å². The zero-order chi connectivity index (χ0) is 12.6. The minimum absolute atomic E-state index is 0.00487. The normalized spacial score (nSPS) is 21.4. The Kier molecular flexibility index (Phi) is 4.82. The summed E-state index contributed by atoms with van der Waals surface area (Å²) in [6.07, 6.45) is 9.14. The number of amides is 1. The second-order valence-electron chi connectivity index (χ2n) is 4.51. The van der Waals surface area contributed by atoms with Gasteiger partial charge in [-0.15, -0.1) is 0 Å². The Balaban J connectivity index is 1.83. The number of hydrogen-bond acceptors (Lipinski definition) is 2. The molecule has 2 rings (SSSR count). The quantitative estimate of drug-likeness (QED) is 0.796. The largest absolute Gasteiger partial charge is 0.446 e. The Hall–Kier alpha value is -1.77. The van der Waals surface area contributed by atoms with E-state index in [9.17, 15) is 4.79 Å². The maximum absolute atomic E-state index is 11.7. The molecule has 1 atom stereocenters. The van der Waals surface area contributed by atoms with Gasteiger partial charge in [0.2, 0.25) is 0 Å². The van der Waals surface area contributed by atoms with E-state index in [-0.39, 0.29) is 12.2 Å². The summed E-state index contributed by atoms with van der Waals surface area (Å²) in [5.74, 6) is 0. The Labute approximate surface area is 108 Å². The van der Waals surface area contributed by atoms with E-state index in [1.54, 1.807) is 0 Å². The van der Waals surface area contributed by atoms with Crippen LogP contribution in [-0.2, 0) is 4.74 Å². The number of carbonyl (C=O) groups excluding carboxylic acids is 1. The predicted molar refractivity (Wildman–Crippen MR) is 72.6 cm³/mol. The van der Waals surface area contributed by atoms with E-state index < -0.39 is 0 Å². The molecule has 0 heterocycles. The number of nitrogens with one attached hydrogen (secondary N) is 1. The molecule has 0 aliphatic heterocycles. The smallest absolute Gasteiger partial charge is 0.411 e. The summed E-state index contributed by atoms with van der Waals surface area (Å²) in [5, 5.41) is 2.74. The number of benzene rings is 1. The van der Waals surface area contributed by atoms with E-state index in [2.05, 4.69) is 17.5 Å². The lowest BCUT2D eigenvalue weighted by Crippen LogP contribution is -2.22. The highest BCUT2D eigenvalue weighted by Crippen LogP contribution is 2.16. The highest BCUT2D eigenvalue weighted by molar-refractivity contribution is 5.84. The van der Waals surface area contributed by atoms with E-state index in [1.807, 2.05) is 30.3 Å². The number of allylic oxidation sites excluding steroid dienone is 1. The van der Waals surface area contributed by atoms with Crippen molar-refractivity contribution in [1.29, 1.82) is 0 Å². The molecule has 0 aromatic heterocycles. The summed E-state index contributed by atoms with van der Waals surface area (Å²) in [5.41, 5.74) is 0.767. The molecule has 18 heavy (non-hydrogen) atoms. The van der Waals surface area contributed by atoms with E-state index in [1.165, 1.54) is 6.42 Å². The second kappa shape index (κ2) is 6.84. The summed E-state index contributed by atoms with van der Waals surface area (Å²) in [6.45, 7) is 0. The average Bonchev–Trinajstić information content (AvgIpc) is 2.34. The summed E-state index contributed by atoms with van der Waals surface area (Å²) in [6, 6.07) is 9.37. The van der Waals surface area contributed by atoms with Crippen LogP contribution in [0.5, 0.6) is 0 Å². The molecule has 0 bridgehead atoms. The molecular formula is C15H19NO2. The molecule has 0 radical (unpaired) electrons. The number of carbonyl (C=O) groups is 1. The van der Waals surface area contributed by atoms with Crippen molar-refractivity contribution in [3.8, 4) is 0 Å². The molecule has 0 fully saturated rings. The van der Waals surface area contributed by atoms with Gasteiger partial charge in [0.1, 0.15) is 6.10 Å². The van der Waals surface area contributed by atoms with Gasteiger partial charge in [-0.05, 0) is 37.8 Å². The minimum Gasteiger partial charge on any atom is -0.446 e. The first kappa shape index (κ1) is 12.7. The molecule has 1 aromatic rings. The minimum atomic E-state index is -0.361. The molecular weight excluding hydrogens is 226 g/mol. The van der Waals surface area contributed by atoms with Crippen LogP contribution >= 0.6 is 0 Å². The Morgan fingerprint density at radius 2 is 2.00 bits per heavy atom. The van der Waals surface area contributed by atoms with Gasteiger partial charge in [0, 0.05) is 12.1 Å². The highest BCUT2D eigenvalue weighted by atomic mass is 16.6. The van der Waals surface area contributed by atoms with E-state index >= 15 is 0 Å². The molecule has 1 aliphatic rings. The molecule has 0 unspecified atom stereocenters. The van der Waals surface area contributed by atoms with Gasteiger partial charge in [-0.1, -0.05) is 30.4 Å². The standard InChI is InChI=1S/C15H19NO2/c17-15(16-13-9-5-4-6-10-13)18-14-11-7-2-1-3-8-12-14/h2,4-7,9-10,14H,1,3,8,11-12H2,(H,16,17)/b7-2+/t14-/m1/s1. The van der Waals surface area contributed by atoms with Gasteiger partial charge in [0.15, 0.2) is 0 Å². The zero-order valence-electron chi connectivity index (χ0n) is 10.5. The molecule has 1 amide bonds. The first-order valence-corrected chi connectivity index (χ1v) is 6.52. The van der Waals surface area contributed by atoms with Gasteiger partial charge in [0.25, 0.3) is 0 Å². The lowest BCUT2D eigenvalue weighted by atomic mass is 10.0. The molecule has 96 valence electrons. The summed E-state index contributed by atoms with van der Waals surface area (Å²) in [4.78, 5) is 11.7. The molecule has 3 heteroatoms. The molecule has 1 N–H and O–H groups in total. The van der Waals surface area contributed by atoms with E-state index in [4.69, 9.17) is 4.74 Å². The van der Waals surface area contributed by atoms with Crippen LogP contribution in [0.4, 0.5) is 10.5 Å². The van der Waals surface area contributed by atoms with Crippen LogP contribution in [0, 0.1) is 0 Å². The van der Waals surface area contributed by atoms with Crippen LogP contribution in [0.3, 0.4) is 0 Å². The van der Waals surface area contributed by atoms with Crippen LogP contribution in [-0.4, -0.2) is 12.2 Å². The SMILES string of the molecule is O=C(Nc1ccccc1)O[C@@H]1C/C=C/CCCC1. The van der Waals surface area contributed by atoms with Crippen LogP contribution in [0.1, 0.15) is 32.1 Å². The van der Waals surface area contributed by atoms with Crippen LogP contribution in [0.2, 0.25) is 0 Å². The third kappa shape index (κ3) is 4.24. The Bertz CT molecular complexity index is 400. The van der Waals surface area contributed by atoms with E-state index in [0.29, 0.717) is 0 Å². The van der Waals surface area contributed by atoms with Crippen molar-refractivity contribution in [2.24, 2.45) is 0 Å².